The molecule has 0 saturated heterocycles. The summed E-state index contributed by atoms with van der Waals surface area (Å²) in [6.07, 6.45) is 3.13. The summed E-state index contributed by atoms with van der Waals surface area (Å²) >= 11 is 0. The van der Waals surface area contributed by atoms with Gasteiger partial charge in [-0.05, 0) is 12.8 Å². The van der Waals surface area contributed by atoms with Crippen molar-refractivity contribution in [1.29, 1.82) is 5.41 Å². The number of rotatable bonds is 3. The number of nitrogens with zero attached hydrogens (tertiary/aromatic N) is 1. The van der Waals surface area contributed by atoms with Gasteiger partial charge in [0.2, 0.25) is 0 Å². The van der Waals surface area contributed by atoms with E-state index < -0.39 is 6.43 Å². The van der Waals surface area contributed by atoms with E-state index in [1.165, 1.54) is 11.3 Å². The first kappa shape index (κ1) is 11.4. The van der Waals surface area contributed by atoms with Crippen molar-refractivity contribution in [3.05, 3.63) is 0 Å². The molecule has 1 N–H and O–H groups in total. The van der Waals surface area contributed by atoms with Crippen LogP contribution in [0, 0.1) is 11.3 Å². The maximum absolute atomic E-state index is 12.1. The van der Waals surface area contributed by atoms with Gasteiger partial charge in [0, 0.05) is 13.0 Å². The lowest BCUT2D eigenvalue weighted by molar-refractivity contribution is 0.121. The van der Waals surface area contributed by atoms with Crippen LogP contribution in [-0.2, 0) is 0 Å². The van der Waals surface area contributed by atoms with E-state index in [1.54, 1.807) is 7.05 Å². The minimum Gasteiger partial charge on any atom is -0.358 e. The minimum absolute atomic E-state index is 0.215. The second kappa shape index (κ2) is 5.27. The summed E-state index contributed by atoms with van der Waals surface area (Å²) in [4.78, 5) is 1.39. The van der Waals surface area contributed by atoms with Gasteiger partial charge in [0.05, 0.1) is 12.4 Å². The number of alkyl halides is 2. The number of nitrogens with one attached hydrogen (secondary N) is 1. The van der Waals surface area contributed by atoms with Crippen molar-refractivity contribution in [2.75, 3.05) is 13.6 Å². The quantitative estimate of drug-likeness (QED) is 0.555. The van der Waals surface area contributed by atoms with Gasteiger partial charge in [0.1, 0.15) is 0 Å². The molecule has 0 aromatic carbocycles. The molecule has 0 atom stereocenters. The SMILES string of the molecule is CN(CC(F)F)C(=N)C1CCCCC1. The third-order valence-electron chi connectivity index (χ3n) is 2.81. The van der Waals surface area contributed by atoms with E-state index in [2.05, 4.69) is 0 Å². The molecule has 14 heavy (non-hydrogen) atoms. The monoisotopic (exact) mass is 204 g/mol. The minimum atomic E-state index is -2.34. The highest BCUT2D eigenvalue weighted by atomic mass is 19.3. The van der Waals surface area contributed by atoms with Crippen molar-refractivity contribution in [2.24, 2.45) is 5.92 Å². The van der Waals surface area contributed by atoms with Crippen LogP contribution in [0.3, 0.4) is 0 Å². The first-order valence-corrected chi connectivity index (χ1v) is 5.19. The van der Waals surface area contributed by atoms with E-state index in [1.807, 2.05) is 0 Å². The topological polar surface area (TPSA) is 27.1 Å². The number of halogens is 2. The molecule has 0 radical (unpaired) electrons. The van der Waals surface area contributed by atoms with Gasteiger partial charge in [-0.1, -0.05) is 19.3 Å². The lowest BCUT2D eigenvalue weighted by Gasteiger charge is -2.28. The summed E-state index contributed by atoms with van der Waals surface area (Å²) in [6.45, 7) is -0.310. The van der Waals surface area contributed by atoms with Gasteiger partial charge >= 0.3 is 0 Å². The molecule has 1 rings (SSSR count). The molecule has 82 valence electrons. The normalized spacial score (nSPS) is 18.6. The van der Waals surface area contributed by atoms with Crippen molar-refractivity contribution < 1.29 is 8.78 Å². The Morgan fingerprint density at radius 2 is 1.93 bits per heavy atom. The van der Waals surface area contributed by atoms with Crippen LogP contribution in [0.4, 0.5) is 8.78 Å². The molecule has 0 aromatic heterocycles. The number of hydrogen-bond donors (Lipinski definition) is 1. The lowest BCUT2D eigenvalue weighted by Crippen LogP contribution is -2.36. The van der Waals surface area contributed by atoms with Gasteiger partial charge in [-0.15, -0.1) is 0 Å². The summed E-state index contributed by atoms with van der Waals surface area (Å²) in [5.41, 5.74) is 0. The van der Waals surface area contributed by atoms with Crippen molar-refractivity contribution >= 4 is 5.84 Å². The molecule has 0 amide bonds. The Balaban J connectivity index is 2.38. The van der Waals surface area contributed by atoms with Gasteiger partial charge in [0.15, 0.2) is 0 Å². The van der Waals surface area contributed by atoms with E-state index in [-0.39, 0.29) is 12.5 Å². The zero-order valence-corrected chi connectivity index (χ0v) is 8.60. The predicted molar refractivity (Wildman–Crippen MR) is 52.9 cm³/mol. The molecule has 0 heterocycles. The second-order valence-corrected chi connectivity index (χ2v) is 3.99. The molecule has 0 unspecified atom stereocenters. The molecule has 1 aliphatic carbocycles. The molecule has 0 bridgehead atoms. The van der Waals surface area contributed by atoms with Crippen LogP contribution in [0.15, 0.2) is 0 Å². The predicted octanol–water partition coefficient (Wildman–Crippen LogP) is 2.74. The van der Waals surface area contributed by atoms with Crippen molar-refractivity contribution in [1.82, 2.24) is 4.90 Å². The number of amidine groups is 1. The third-order valence-corrected chi connectivity index (χ3v) is 2.81. The van der Waals surface area contributed by atoms with E-state index in [0.29, 0.717) is 5.84 Å². The summed E-state index contributed by atoms with van der Waals surface area (Å²) in [5, 5.41) is 7.78. The lowest BCUT2D eigenvalue weighted by atomic mass is 9.88. The zero-order valence-electron chi connectivity index (χ0n) is 8.60. The molecule has 1 aliphatic rings. The second-order valence-electron chi connectivity index (χ2n) is 3.99. The Kier molecular flexibility index (Phi) is 4.29. The average molecular weight is 204 g/mol. The highest BCUT2D eigenvalue weighted by Crippen LogP contribution is 2.25. The van der Waals surface area contributed by atoms with Crippen LogP contribution in [0.5, 0.6) is 0 Å². The van der Waals surface area contributed by atoms with E-state index >= 15 is 0 Å². The first-order chi connectivity index (χ1) is 6.61. The fourth-order valence-corrected chi connectivity index (χ4v) is 1.99. The molecule has 1 fully saturated rings. The van der Waals surface area contributed by atoms with Gasteiger partial charge in [-0.25, -0.2) is 8.78 Å². The standard InChI is InChI=1S/C10H18F2N2/c1-14(7-9(11)12)10(13)8-5-3-2-4-6-8/h8-9,13H,2-7H2,1H3. The Bertz CT molecular complexity index is 189. The maximum Gasteiger partial charge on any atom is 0.255 e. The van der Waals surface area contributed by atoms with Gasteiger partial charge in [-0.3, -0.25) is 5.41 Å². The molecule has 0 spiro atoms. The van der Waals surface area contributed by atoms with E-state index in [4.69, 9.17) is 5.41 Å². The molecule has 1 saturated carbocycles. The Hall–Kier alpha value is -0.670. The first-order valence-electron chi connectivity index (χ1n) is 5.19. The van der Waals surface area contributed by atoms with Gasteiger partial charge < -0.3 is 4.90 Å². The Morgan fingerprint density at radius 3 is 2.43 bits per heavy atom. The van der Waals surface area contributed by atoms with Crippen LogP contribution < -0.4 is 0 Å². The molecular formula is C10H18F2N2. The third kappa shape index (κ3) is 3.24. The van der Waals surface area contributed by atoms with Crippen LogP contribution in [0.2, 0.25) is 0 Å². The van der Waals surface area contributed by atoms with Crippen molar-refractivity contribution in [3.8, 4) is 0 Å². The molecule has 0 aliphatic heterocycles. The largest absolute Gasteiger partial charge is 0.358 e. The van der Waals surface area contributed by atoms with Crippen molar-refractivity contribution in [2.45, 2.75) is 38.5 Å². The Morgan fingerprint density at radius 1 is 1.36 bits per heavy atom. The zero-order chi connectivity index (χ0) is 10.6. The summed E-state index contributed by atoms with van der Waals surface area (Å²) in [5.74, 6) is 0.609. The molecular weight excluding hydrogens is 186 g/mol. The highest BCUT2D eigenvalue weighted by molar-refractivity contribution is 5.81. The maximum atomic E-state index is 12.1. The molecule has 0 aromatic rings. The highest BCUT2D eigenvalue weighted by Gasteiger charge is 2.22. The summed E-state index contributed by atoms with van der Waals surface area (Å²) < 4.78 is 24.1. The molecule has 2 nitrogen and oxygen atoms in total. The van der Waals surface area contributed by atoms with Crippen LogP contribution in [0.1, 0.15) is 32.1 Å². The molecule has 4 heteroatoms. The van der Waals surface area contributed by atoms with E-state index in [0.717, 1.165) is 25.7 Å². The average Bonchev–Trinajstić information content (AvgIpc) is 2.17. The van der Waals surface area contributed by atoms with Crippen LogP contribution in [-0.4, -0.2) is 30.8 Å². The van der Waals surface area contributed by atoms with Crippen LogP contribution in [0.25, 0.3) is 0 Å². The van der Waals surface area contributed by atoms with Crippen LogP contribution >= 0.6 is 0 Å². The summed E-state index contributed by atoms with van der Waals surface area (Å²) in [7, 11) is 1.59. The Labute approximate surface area is 83.8 Å². The van der Waals surface area contributed by atoms with E-state index in [9.17, 15) is 8.78 Å². The fourth-order valence-electron chi connectivity index (χ4n) is 1.99. The number of hydrogen-bond acceptors (Lipinski definition) is 1. The summed E-state index contributed by atoms with van der Waals surface area (Å²) in [6, 6.07) is 0. The smallest absolute Gasteiger partial charge is 0.255 e. The van der Waals surface area contributed by atoms with Gasteiger partial charge in [-0.2, -0.15) is 0 Å². The van der Waals surface area contributed by atoms with Crippen molar-refractivity contribution in [3.63, 3.8) is 0 Å². The fraction of sp³-hybridized carbons (Fsp3) is 0.900. The van der Waals surface area contributed by atoms with Gasteiger partial charge in [0.25, 0.3) is 6.43 Å².